The zero-order chi connectivity index (χ0) is 25.6. The van der Waals surface area contributed by atoms with Crippen molar-refractivity contribution in [1.82, 2.24) is 24.5 Å². The van der Waals surface area contributed by atoms with E-state index in [1.807, 2.05) is 39.8 Å². The average molecular weight is 531 g/mol. The molecule has 2 aliphatic rings. The van der Waals surface area contributed by atoms with Crippen molar-refractivity contribution in [2.24, 2.45) is 0 Å². The number of anilines is 1. The summed E-state index contributed by atoms with van der Waals surface area (Å²) in [4.78, 5) is 19.6. The maximum Gasteiger partial charge on any atom is 0.420 e. The number of hydrogen-bond donors (Lipinski definition) is 0. The smallest absolute Gasteiger partial charge is 0.420 e. The lowest BCUT2D eigenvalue weighted by atomic mass is 9.94. The van der Waals surface area contributed by atoms with E-state index in [-0.39, 0.29) is 6.23 Å². The maximum absolute atomic E-state index is 13.5. The Balaban J connectivity index is 1.72. The Morgan fingerprint density at radius 2 is 1.92 bits per heavy atom. The van der Waals surface area contributed by atoms with Gasteiger partial charge in [0.1, 0.15) is 23.8 Å². The first-order valence-electron chi connectivity index (χ1n) is 11.9. The van der Waals surface area contributed by atoms with Gasteiger partial charge in [0, 0.05) is 23.9 Å². The normalized spacial score (nSPS) is 20.4. The lowest BCUT2D eigenvalue weighted by molar-refractivity contribution is -0.0402. The first-order valence-corrected chi connectivity index (χ1v) is 12.6. The van der Waals surface area contributed by atoms with E-state index in [1.54, 1.807) is 27.7 Å². The van der Waals surface area contributed by atoms with Gasteiger partial charge >= 0.3 is 6.09 Å². The van der Waals surface area contributed by atoms with E-state index >= 15 is 0 Å². The van der Waals surface area contributed by atoms with Gasteiger partial charge in [0.25, 0.3) is 0 Å². The van der Waals surface area contributed by atoms with Gasteiger partial charge in [-0.05, 0) is 64.7 Å². The lowest BCUT2D eigenvalue weighted by Gasteiger charge is -2.37. The van der Waals surface area contributed by atoms with Gasteiger partial charge < -0.3 is 9.47 Å². The van der Waals surface area contributed by atoms with E-state index in [4.69, 9.17) is 32.7 Å². The van der Waals surface area contributed by atoms with Crippen LogP contribution in [0.1, 0.15) is 70.6 Å². The van der Waals surface area contributed by atoms with Gasteiger partial charge in [0.15, 0.2) is 12.1 Å². The Labute approximate surface area is 219 Å². The number of carbonyl (C=O) groups is 1. The number of carbonyl (C=O) groups excluding carboxylic acids is 1. The first kappa shape index (κ1) is 24.8. The van der Waals surface area contributed by atoms with Gasteiger partial charge in [-0.3, -0.25) is 0 Å². The molecule has 190 valence electrons. The number of allylic oxidation sites excluding steroid dienone is 2. The van der Waals surface area contributed by atoms with E-state index in [0.29, 0.717) is 34.0 Å². The summed E-state index contributed by atoms with van der Waals surface area (Å²) in [5, 5.41) is 9.99. The number of benzene rings is 1. The molecule has 9 nitrogen and oxygen atoms in total. The van der Waals surface area contributed by atoms with E-state index in [1.165, 1.54) is 11.2 Å². The number of aromatic nitrogens is 5. The van der Waals surface area contributed by atoms with Gasteiger partial charge in [-0.1, -0.05) is 29.3 Å². The highest BCUT2D eigenvalue weighted by molar-refractivity contribution is 6.42. The molecule has 2 aromatic heterocycles. The van der Waals surface area contributed by atoms with Crippen molar-refractivity contribution in [3.8, 4) is 0 Å². The summed E-state index contributed by atoms with van der Waals surface area (Å²) in [6, 6.07) is 6.80. The minimum atomic E-state index is -0.682. The number of ether oxygens (including phenoxy) is 2. The molecule has 4 heterocycles. The number of halogens is 2. The fourth-order valence-corrected chi connectivity index (χ4v) is 4.98. The number of hydrogen-bond acceptors (Lipinski definition) is 6. The molecule has 0 N–H and O–H groups in total. The Kier molecular flexibility index (Phi) is 6.57. The molecule has 0 aliphatic carbocycles. The van der Waals surface area contributed by atoms with Crippen molar-refractivity contribution in [2.75, 3.05) is 11.5 Å². The Morgan fingerprint density at radius 3 is 2.61 bits per heavy atom. The van der Waals surface area contributed by atoms with Crippen LogP contribution in [-0.4, -0.2) is 42.8 Å². The SMILES string of the molecule is CC1=C(c2ncnn2C2CCCCO2)[C@@H](c2ccc(Cl)c(Cl)c2)n2nccc2N1C(=O)OC(C)(C)C. The number of fused-ring (bicyclic) bond motifs is 1. The summed E-state index contributed by atoms with van der Waals surface area (Å²) in [5.41, 5.74) is 1.55. The summed E-state index contributed by atoms with van der Waals surface area (Å²) in [6.07, 6.45) is 5.27. The average Bonchev–Trinajstić information content (AvgIpc) is 3.49. The zero-order valence-corrected chi connectivity index (χ0v) is 22.1. The van der Waals surface area contributed by atoms with Crippen LogP contribution in [0.4, 0.5) is 10.6 Å². The van der Waals surface area contributed by atoms with E-state index in [9.17, 15) is 4.79 Å². The highest BCUT2D eigenvalue weighted by Crippen LogP contribution is 2.45. The topological polar surface area (TPSA) is 87.3 Å². The molecule has 1 fully saturated rings. The molecule has 5 rings (SSSR count). The molecule has 0 saturated carbocycles. The summed E-state index contributed by atoms with van der Waals surface area (Å²) in [6.45, 7) is 8.04. The van der Waals surface area contributed by atoms with Crippen LogP contribution in [0.25, 0.3) is 5.57 Å². The van der Waals surface area contributed by atoms with Crippen molar-refractivity contribution >= 4 is 40.7 Å². The molecule has 36 heavy (non-hydrogen) atoms. The second-order valence-corrected chi connectivity index (χ2v) is 10.7. The fraction of sp³-hybridized carbons (Fsp3) is 0.440. The van der Waals surface area contributed by atoms with Crippen molar-refractivity contribution in [3.05, 3.63) is 63.9 Å². The molecular formula is C25H28Cl2N6O3. The quantitative estimate of drug-likeness (QED) is 0.397. The van der Waals surface area contributed by atoms with Crippen molar-refractivity contribution in [2.45, 2.75) is 64.8 Å². The molecule has 2 atom stereocenters. The molecule has 3 aromatic rings. The molecule has 1 aromatic carbocycles. The van der Waals surface area contributed by atoms with Crippen LogP contribution in [0.3, 0.4) is 0 Å². The number of amides is 1. The largest absolute Gasteiger partial charge is 0.443 e. The number of nitrogens with zero attached hydrogens (tertiary/aromatic N) is 6. The fourth-order valence-electron chi connectivity index (χ4n) is 4.68. The van der Waals surface area contributed by atoms with Crippen molar-refractivity contribution in [3.63, 3.8) is 0 Å². The molecule has 1 unspecified atom stereocenters. The Morgan fingerprint density at radius 1 is 1.11 bits per heavy atom. The van der Waals surface area contributed by atoms with Crippen LogP contribution in [0.2, 0.25) is 10.0 Å². The highest BCUT2D eigenvalue weighted by Gasteiger charge is 2.40. The highest BCUT2D eigenvalue weighted by atomic mass is 35.5. The van der Waals surface area contributed by atoms with Crippen molar-refractivity contribution < 1.29 is 14.3 Å². The van der Waals surface area contributed by atoms with Crippen molar-refractivity contribution in [1.29, 1.82) is 0 Å². The number of rotatable bonds is 3. The van der Waals surface area contributed by atoms with Gasteiger partial charge in [-0.15, -0.1) is 0 Å². The third-order valence-corrected chi connectivity index (χ3v) is 6.94. The summed E-state index contributed by atoms with van der Waals surface area (Å²) >= 11 is 12.7. The zero-order valence-electron chi connectivity index (χ0n) is 20.6. The second-order valence-electron chi connectivity index (χ2n) is 9.87. The van der Waals surface area contributed by atoms with Gasteiger partial charge in [-0.25, -0.2) is 24.0 Å². The molecule has 0 radical (unpaired) electrons. The van der Waals surface area contributed by atoms with Crippen LogP contribution in [-0.2, 0) is 9.47 Å². The van der Waals surface area contributed by atoms with Crippen LogP contribution >= 0.6 is 23.2 Å². The molecule has 2 aliphatic heterocycles. The molecule has 0 bridgehead atoms. The van der Waals surface area contributed by atoms with Crippen LogP contribution < -0.4 is 4.90 Å². The molecule has 11 heteroatoms. The molecule has 0 spiro atoms. The third kappa shape index (κ3) is 4.51. The van der Waals surface area contributed by atoms with Crippen LogP contribution in [0.15, 0.2) is 42.5 Å². The molecule has 1 amide bonds. The lowest BCUT2D eigenvalue weighted by Crippen LogP contribution is -2.41. The predicted molar refractivity (Wildman–Crippen MR) is 137 cm³/mol. The maximum atomic E-state index is 13.5. The van der Waals surface area contributed by atoms with Crippen LogP contribution in [0.5, 0.6) is 0 Å². The summed E-state index contributed by atoms with van der Waals surface area (Å²) < 4.78 is 15.4. The Bertz CT molecular complexity index is 1320. The molecular weight excluding hydrogens is 503 g/mol. The van der Waals surface area contributed by atoms with Crippen LogP contribution in [0, 0.1) is 0 Å². The summed E-state index contributed by atoms with van der Waals surface area (Å²) in [5.74, 6) is 1.16. The predicted octanol–water partition coefficient (Wildman–Crippen LogP) is 6.26. The second kappa shape index (κ2) is 9.53. The minimum absolute atomic E-state index is 0.250. The standard InChI is InChI=1S/C25H28Cl2N6O3/c1-15-21(23-28-14-30-33(23)20-7-5-6-12-35-20)22(16-8-9-17(26)18(27)13-16)32-19(10-11-29-32)31(15)24(34)36-25(2,3)4/h8-11,13-14,20,22H,5-7,12H2,1-4H3/t20?,22-/m1/s1. The first-order chi connectivity index (χ1) is 17.2. The van der Waals surface area contributed by atoms with E-state index < -0.39 is 17.7 Å². The van der Waals surface area contributed by atoms with E-state index in [2.05, 4.69) is 15.2 Å². The van der Waals surface area contributed by atoms with Gasteiger partial charge in [0.05, 0.1) is 16.2 Å². The minimum Gasteiger partial charge on any atom is -0.443 e. The van der Waals surface area contributed by atoms with E-state index in [0.717, 1.165) is 30.4 Å². The molecule has 1 saturated heterocycles. The summed E-state index contributed by atoms with van der Waals surface area (Å²) in [7, 11) is 0. The third-order valence-electron chi connectivity index (χ3n) is 6.20. The van der Waals surface area contributed by atoms with Gasteiger partial charge in [0.2, 0.25) is 0 Å². The Hall–Kier alpha value is -2.88. The monoisotopic (exact) mass is 530 g/mol. The van der Waals surface area contributed by atoms with Gasteiger partial charge in [-0.2, -0.15) is 10.2 Å².